The van der Waals surface area contributed by atoms with Crippen molar-refractivity contribution in [2.45, 2.75) is 27.2 Å². The van der Waals surface area contributed by atoms with Crippen LogP contribution in [-0.4, -0.2) is 50.0 Å². The monoisotopic (exact) mass is 443 g/mol. The smallest absolute Gasteiger partial charge is 0.259 e. The van der Waals surface area contributed by atoms with E-state index in [0.717, 1.165) is 11.3 Å². The van der Waals surface area contributed by atoms with E-state index in [4.69, 9.17) is 16.3 Å². The molecule has 0 aromatic heterocycles. The van der Waals surface area contributed by atoms with Crippen molar-refractivity contribution in [1.82, 2.24) is 4.90 Å². The van der Waals surface area contributed by atoms with Crippen LogP contribution in [0.2, 0.25) is 5.02 Å². The van der Waals surface area contributed by atoms with E-state index in [1.807, 2.05) is 36.1 Å². The Morgan fingerprint density at radius 2 is 1.84 bits per heavy atom. The van der Waals surface area contributed by atoms with Gasteiger partial charge in [0.05, 0.1) is 24.0 Å². The summed E-state index contributed by atoms with van der Waals surface area (Å²) in [5, 5.41) is 3.54. The van der Waals surface area contributed by atoms with Crippen LogP contribution in [0.1, 0.15) is 36.2 Å². The first-order chi connectivity index (χ1) is 14.8. The van der Waals surface area contributed by atoms with Gasteiger partial charge >= 0.3 is 0 Å². The molecule has 2 aromatic carbocycles. The molecule has 7 heteroatoms. The van der Waals surface area contributed by atoms with Crippen LogP contribution in [-0.2, 0) is 4.79 Å². The lowest BCUT2D eigenvalue weighted by Crippen LogP contribution is -2.49. The van der Waals surface area contributed by atoms with Crippen LogP contribution in [0.5, 0.6) is 5.75 Å². The van der Waals surface area contributed by atoms with Gasteiger partial charge in [0.15, 0.2) is 0 Å². The fraction of sp³-hybridized carbons (Fsp3) is 0.417. The van der Waals surface area contributed by atoms with Gasteiger partial charge in [-0.25, -0.2) is 0 Å². The molecular weight excluding hydrogens is 414 g/mol. The van der Waals surface area contributed by atoms with Crippen molar-refractivity contribution in [2.75, 3.05) is 43.5 Å². The van der Waals surface area contributed by atoms with E-state index in [2.05, 4.69) is 24.1 Å². The topological polar surface area (TPSA) is 61.9 Å². The summed E-state index contributed by atoms with van der Waals surface area (Å²) < 4.78 is 5.43. The maximum atomic E-state index is 13.0. The zero-order valence-corrected chi connectivity index (χ0v) is 19.3. The van der Waals surface area contributed by atoms with Crippen molar-refractivity contribution >= 4 is 34.8 Å². The molecule has 0 unspecified atom stereocenters. The van der Waals surface area contributed by atoms with Gasteiger partial charge in [0.1, 0.15) is 5.75 Å². The summed E-state index contributed by atoms with van der Waals surface area (Å²) >= 11 is 6.23. The quantitative estimate of drug-likeness (QED) is 0.708. The number of para-hydroxylation sites is 1. The molecule has 166 valence electrons. The molecule has 0 aliphatic carbocycles. The maximum Gasteiger partial charge on any atom is 0.259 e. The first-order valence-electron chi connectivity index (χ1n) is 10.6. The number of nitrogens with zero attached hydrogens (tertiary/aromatic N) is 2. The van der Waals surface area contributed by atoms with Crippen molar-refractivity contribution in [3.05, 3.63) is 52.5 Å². The number of ether oxygens (including phenoxy) is 1. The van der Waals surface area contributed by atoms with Crippen LogP contribution >= 0.6 is 11.6 Å². The molecule has 31 heavy (non-hydrogen) atoms. The second kappa shape index (κ2) is 10.1. The lowest BCUT2D eigenvalue weighted by molar-refractivity contribution is -0.132. The minimum absolute atomic E-state index is 0.200. The number of aryl methyl sites for hydroxylation is 1. The molecule has 0 bridgehead atoms. The Labute approximate surface area is 189 Å². The number of anilines is 2. The van der Waals surface area contributed by atoms with E-state index in [1.165, 1.54) is 0 Å². The van der Waals surface area contributed by atoms with Gasteiger partial charge in [-0.1, -0.05) is 37.6 Å². The molecule has 1 fully saturated rings. The van der Waals surface area contributed by atoms with Gasteiger partial charge in [-0.15, -0.1) is 0 Å². The first-order valence-corrected chi connectivity index (χ1v) is 10.9. The van der Waals surface area contributed by atoms with Gasteiger partial charge in [-0.05, 0) is 42.7 Å². The number of hydrogen-bond acceptors (Lipinski definition) is 4. The predicted octanol–water partition coefficient (Wildman–Crippen LogP) is 4.60. The summed E-state index contributed by atoms with van der Waals surface area (Å²) in [5.74, 6) is 0.851. The van der Waals surface area contributed by atoms with Crippen molar-refractivity contribution in [3.63, 3.8) is 0 Å². The van der Waals surface area contributed by atoms with Crippen LogP contribution in [0.3, 0.4) is 0 Å². The van der Waals surface area contributed by atoms with Crippen LogP contribution in [0.25, 0.3) is 0 Å². The van der Waals surface area contributed by atoms with E-state index < -0.39 is 0 Å². The van der Waals surface area contributed by atoms with Gasteiger partial charge in [-0.3, -0.25) is 9.59 Å². The summed E-state index contributed by atoms with van der Waals surface area (Å²) in [7, 11) is 1.56. The number of piperazine rings is 1. The summed E-state index contributed by atoms with van der Waals surface area (Å²) in [5.41, 5.74) is 2.89. The van der Waals surface area contributed by atoms with Crippen molar-refractivity contribution in [2.24, 2.45) is 5.92 Å². The third-order valence-electron chi connectivity index (χ3n) is 5.42. The largest absolute Gasteiger partial charge is 0.496 e. The molecule has 6 nitrogen and oxygen atoms in total. The number of hydrogen-bond donors (Lipinski definition) is 1. The average Bonchev–Trinajstić information content (AvgIpc) is 2.73. The normalized spacial score (nSPS) is 14.0. The molecule has 1 aliphatic rings. The van der Waals surface area contributed by atoms with Crippen molar-refractivity contribution in [1.29, 1.82) is 0 Å². The molecule has 0 radical (unpaired) electrons. The molecule has 1 heterocycles. The number of methoxy groups -OCH3 is 1. The minimum Gasteiger partial charge on any atom is -0.496 e. The molecule has 1 N–H and O–H groups in total. The van der Waals surface area contributed by atoms with Crippen LogP contribution < -0.4 is 15.0 Å². The lowest BCUT2D eigenvalue weighted by Gasteiger charge is -2.37. The Bertz CT molecular complexity index is 953. The Hall–Kier alpha value is -2.73. The van der Waals surface area contributed by atoms with E-state index in [9.17, 15) is 9.59 Å². The number of halogens is 1. The zero-order valence-electron chi connectivity index (χ0n) is 18.6. The second-order valence-electron chi connectivity index (χ2n) is 8.24. The summed E-state index contributed by atoms with van der Waals surface area (Å²) in [6.07, 6.45) is 0.570. The molecule has 3 rings (SSSR count). The number of benzene rings is 2. The molecule has 0 saturated carbocycles. The number of rotatable bonds is 6. The van der Waals surface area contributed by atoms with E-state index in [-0.39, 0.29) is 11.8 Å². The third kappa shape index (κ3) is 5.50. The average molecular weight is 444 g/mol. The first kappa shape index (κ1) is 22.9. The highest BCUT2D eigenvalue weighted by Gasteiger charge is 2.24. The second-order valence-corrected chi connectivity index (χ2v) is 8.67. The maximum absolute atomic E-state index is 13.0. The Morgan fingerprint density at radius 1 is 1.13 bits per heavy atom. The van der Waals surface area contributed by atoms with E-state index in [0.29, 0.717) is 60.5 Å². The number of amides is 2. The van der Waals surface area contributed by atoms with Gasteiger partial charge < -0.3 is 19.9 Å². The number of carbonyl (C=O) groups excluding carboxylic acids is 2. The predicted molar refractivity (Wildman–Crippen MR) is 125 cm³/mol. The minimum atomic E-state index is -0.255. The third-order valence-corrected chi connectivity index (χ3v) is 5.66. The summed E-state index contributed by atoms with van der Waals surface area (Å²) in [4.78, 5) is 29.5. The van der Waals surface area contributed by atoms with Gasteiger partial charge in [0.2, 0.25) is 5.91 Å². The van der Waals surface area contributed by atoms with Gasteiger partial charge in [0, 0.05) is 37.6 Å². The Balaban J connectivity index is 1.77. The highest BCUT2D eigenvalue weighted by Crippen LogP contribution is 2.32. The standard InChI is InChI=1S/C24H30ClN3O3/c1-16(2)14-22(29)28-12-10-27(11-13-28)21-9-8-18(25)15-20(21)26-24(30)19-7-5-6-17(3)23(19)31-4/h5-9,15-16H,10-14H2,1-4H3,(H,26,30). The molecular formula is C24H30ClN3O3. The fourth-order valence-electron chi connectivity index (χ4n) is 3.85. The molecule has 0 atom stereocenters. The molecule has 1 aliphatic heterocycles. The number of nitrogens with one attached hydrogen (secondary N) is 1. The van der Waals surface area contributed by atoms with E-state index >= 15 is 0 Å². The molecule has 1 saturated heterocycles. The number of carbonyl (C=O) groups is 2. The highest BCUT2D eigenvalue weighted by molar-refractivity contribution is 6.31. The zero-order chi connectivity index (χ0) is 22.5. The van der Waals surface area contributed by atoms with Gasteiger partial charge in [-0.2, -0.15) is 0 Å². The Morgan fingerprint density at radius 3 is 2.48 bits per heavy atom. The molecule has 2 aromatic rings. The van der Waals surface area contributed by atoms with Gasteiger partial charge in [0.25, 0.3) is 5.91 Å². The van der Waals surface area contributed by atoms with E-state index in [1.54, 1.807) is 19.2 Å². The highest BCUT2D eigenvalue weighted by atomic mass is 35.5. The Kier molecular flexibility index (Phi) is 7.44. The fourth-order valence-corrected chi connectivity index (χ4v) is 4.02. The van der Waals surface area contributed by atoms with Crippen LogP contribution in [0.15, 0.2) is 36.4 Å². The molecule has 0 spiro atoms. The summed E-state index contributed by atoms with van der Waals surface area (Å²) in [6.45, 7) is 8.73. The lowest BCUT2D eigenvalue weighted by atomic mass is 10.1. The SMILES string of the molecule is COc1c(C)cccc1C(=O)Nc1cc(Cl)ccc1N1CCN(C(=O)CC(C)C)CC1. The van der Waals surface area contributed by atoms with Crippen molar-refractivity contribution < 1.29 is 14.3 Å². The van der Waals surface area contributed by atoms with Crippen LogP contribution in [0, 0.1) is 12.8 Å². The van der Waals surface area contributed by atoms with Crippen LogP contribution in [0.4, 0.5) is 11.4 Å². The van der Waals surface area contributed by atoms with Crippen molar-refractivity contribution in [3.8, 4) is 5.75 Å². The summed E-state index contributed by atoms with van der Waals surface area (Å²) in [6, 6.07) is 11.0. The molecule has 2 amide bonds.